The third-order valence-corrected chi connectivity index (χ3v) is 8.48. The van der Waals surface area contributed by atoms with Crippen LogP contribution in [0.15, 0.2) is 54.7 Å². The monoisotopic (exact) mass is 611 g/mol. The van der Waals surface area contributed by atoms with Gasteiger partial charge in [0.1, 0.15) is 16.8 Å². The third-order valence-electron chi connectivity index (χ3n) is 8.48. The molecule has 2 aromatic heterocycles. The lowest BCUT2D eigenvalue weighted by atomic mass is 9.97. The summed E-state index contributed by atoms with van der Waals surface area (Å²) >= 11 is 0. The second-order valence-corrected chi connectivity index (χ2v) is 13.1. The summed E-state index contributed by atoms with van der Waals surface area (Å²) in [6, 6.07) is 15.0. The Hall–Kier alpha value is -4.51. The van der Waals surface area contributed by atoms with E-state index in [-0.39, 0.29) is 35.6 Å². The maximum atomic E-state index is 13.3. The van der Waals surface area contributed by atoms with Gasteiger partial charge in [0.15, 0.2) is 0 Å². The second-order valence-electron chi connectivity index (χ2n) is 13.1. The number of imidazole rings is 1. The Labute approximate surface area is 262 Å². The van der Waals surface area contributed by atoms with E-state index in [0.29, 0.717) is 29.1 Å². The molecule has 3 N–H and O–H groups in total. The lowest BCUT2D eigenvalue weighted by molar-refractivity contribution is 0.0181. The number of aromatic amines is 1. The van der Waals surface area contributed by atoms with Gasteiger partial charge in [-0.3, -0.25) is 19.9 Å². The maximum Gasteiger partial charge on any atom is 0.410 e. The number of fused-ring (bicyclic) bond motifs is 2. The van der Waals surface area contributed by atoms with E-state index >= 15 is 0 Å². The molecule has 2 aliphatic heterocycles. The van der Waals surface area contributed by atoms with Crippen molar-refractivity contribution >= 4 is 45.7 Å². The van der Waals surface area contributed by atoms with Crippen molar-refractivity contribution in [3.63, 3.8) is 0 Å². The Morgan fingerprint density at radius 3 is 2.62 bits per heavy atom. The van der Waals surface area contributed by atoms with Gasteiger partial charge in [0.05, 0.1) is 11.1 Å². The van der Waals surface area contributed by atoms with E-state index in [4.69, 9.17) is 4.74 Å². The van der Waals surface area contributed by atoms with Crippen LogP contribution >= 0.6 is 0 Å². The summed E-state index contributed by atoms with van der Waals surface area (Å²) in [5.74, 6) is -0.0353. The van der Waals surface area contributed by atoms with Crippen molar-refractivity contribution in [3.8, 4) is 0 Å². The Morgan fingerprint density at radius 2 is 1.80 bits per heavy atom. The van der Waals surface area contributed by atoms with Crippen LogP contribution in [0.4, 0.5) is 10.7 Å². The first-order valence-corrected chi connectivity index (χ1v) is 15.8. The number of aromatic nitrogens is 3. The fourth-order valence-electron chi connectivity index (χ4n) is 6.35. The Balaban J connectivity index is 1.05. The van der Waals surface area contributed by atoms with Crippen LogP contribution in [-0.4, -0.2) is 87.0 Å². The molecule has 3 amide bonds. The lowest BCUT2D eigenvalue weighted by Crippen LogP contribution is -2.48. The molecule has 11 heteroatoms. The number of hydrogen-bond donors (Lipinski definition) is 3. The molecule has 2 aliphatic rings. The van der Waals surface area contributed by atoms with Crippen molar-refractivity contribution in [1.82, 2.24) is 30.1 Å². The molecule has 45 heavy (non-hydrogen) atoms. The summed E-state index contributed by atoms with van der Waals surface area (Å²) in [4.78, 5) is 55.3. The van der Waals surface area contributed by atoms with Gasteiger partial charge < -0.3 is 24.8 Å². The van der Waals surface area contributed by atoms with Crippen LogP contribution in [0.5, 0.6) is 0 Å². The molecule has 2 fully saturated rings. The fourth-order valence-corrected chi connectivity index (χ4v) is 6.35. The highest BCUT2D eigenvalue weighted by atomic mass is 16.6. The summed E-state index contributed by atoms with van der Waals surface area (Å²) in [5, 5.41) is 7.77. The number of carbonyl (C=O) groups is 3. The molecule has 6 rings (SSSR count). The molecule has 2 atom stereocenters. The van der Waals surface area contributed by atoms with Gasteiger partial charge in [-0.25, -0.2) is 9.78 Å². The summed E-state index contributed by atoms with van der Waals surface area (Å²) < 4.78 is 5.64. The number of carbonyl (C=O) groups excluding carboxylic acids is 3. The van der Waals surface area contributed by atoms with E-state index in [9.17, 15) is 14.4 Å². The number of para-hydroxylation sites is 1. The zero-order chi connectivity index (χ0) is 31.6. The predicted octanol–water partition coefficient (Wildman–Crippen LogP) is 5.20. The van der Waals surface area contributed by atoms with Gasteiger partial charge in [-0.15, -0.1) is 0 Å². The highest BCUT2D eigenvalue weighted by Crippen LogP contribution is 2.25. The third kappa shape index (κ3) is 7.25. The summed E-state index contributed by atoms with van der Waals surface area (Å²) in [6.07, 6.45) is 5.48. The summed E-state index contributed by atoms with van der Waals surface area (Å²) in [5.41, 5.74) is 1.35. The Kier molecular flexibility index (Phi) is 8.71. The van der Waals surface area contributed by atoms with E-state index < -0.39 is 5.60 Å². The number of likely N-dealkylation sites (tertiary alicyclic amines) is 2. The van der Waals surface area contributed by atoms with Crippen LogP contribution in [0.25, 0.3) is 21.8 Å². The van der Waals surface area contributed by atoms with Gasteiger partial charge in [0.2, 0.25) is 5.95 Å². The van der Waals surface area contributed by atoms with Crippen molar-refractivity contribution in [3.05, 3.63) is 66.0 Å². The smallest absolute Gasteiger partial charge is 0.410 e. The number of anilines is 1. The number of benzene rings is 2. The normalized spacial score (nSPS) is 19.1. The first-order chi connectivity index (χ1) is 21.6. The minimum absolute atomic E-state index is 0.150. The maximum absolute atomic E-state index is 13.3. The van der Waals surface area contributed by atoms with Crippen LogP contribution in [0.1, 0.15) is 67.3 Å². The standard InChI is InChI=1S/C34H41N7O4/c1-34(2,3)45-33(44)41-16-8-12-25(41)21-40-15-7-9-22(20-40)18-36-30(42)26-13-6-14-27-29(26)38-32(37-27)39-31(43)28-17-23-10-4-5-11-24(23)19-35-28/h4-6,10-11,13-14,17,19,22,25H,7-9,12,15-16,18,20-21H2,1-3H3,(H,36,42)(H2,37,38,39,43)/t22?,25-/m1/s1. The van der Waals surface area contributed by atoms with Gasteiger partial charge in [0, 0.05) is 43.8 Å². The van der Waals surface area contributed by atoms with Gasteiger partial charge in [-0.2, -0.15) is 0 Å². The molecule has 0 bridgehead atoms. The minimum atomic E-state index is -0.510. The van der Waals surface area contributed by atoms with E-state index in [1.165, 1.54) is 0 Å². The summed E-state index contributed by atoms with van der Waals surface area (Å²) in [6.45, 7) is 9.64. The van der Waals surface area contributed by atoms with Gasteiger partial charge in [-0.1, -0.05) is 30.3 Å². The van der Waals surface area contributed by atoms with Gasteiger partial charge in [-0.05, 0) is 82.5 Å². The van der Waals surface area contributed by atoms with Gasteiger partial charge >= 0.3 is 6.09 Å². The number of rotatable bonds is 7. The van der Waals surface area contributed by atoms with E-state index in [1.807, 2.05) is 56.0 Å². The summed E-state index contributed by atoms with van der Waals surface area (Å²) in [7, 11) is 0. The molecule has 1 unspecified atom stereocenters. The fraction of sp³-hybridized carbons (Fsp3) is 0.441. The first kappa shape index (κ1) is 30.5. The predicted molar refractivity (Wildman–Crippen MR) is 173 cm³/mol. The molecule has 11 nitrogen and oxygen atoms in total. The zero-order valence-electron chi connectivity index (χ0n) is 26.1. The first-order valence-electron chi connectivity index (χ1n) is 15.8. The van der Waals surface area contributed by atoms with Crippen LogP contribution < -0.4 is 10.6 Å². The van der Waals surface area contributed by atoms with Crippen LogP contribution in [0.3, 0.4) is 0 Å². The largest absolute Gasteiger partial charge is 0.444 e. The number of ether oxygens (including phenoxy) is 1. The topological polar surface area (TPSA) is 133 Å². The number of amides is 3. The lowest BCUT2D eigenvalue weighted by Gasteiger charge is -2.36. The molecule has 4 aromatic rings. The molecular weight excluding hydrogens is 570 g/mol. The average Bonchev–Trinajstić information content (AvgIpc) is 3.65. The molecule has 0 saturated carbocycles. The van der Waals surface area contributed by atoms with Crippen molar-refractivity contribution < 1.29 is 19.1 Å². The van der Waals surface area contributed by atoms with Crippen molar-refractivity contribution in [1.29, 1.82) is 0 Å². The van der Waals surface area contributed by atoms with Gasteiger partial charge in [0.25, 0.3) is 11.8 Å². The quantitative estimate of drug-likeness (QED) is 0.262. The molecular formula is C34H41N7O4. The van der Waals surface area contributed by atoms with Crippen LogP contribution in [0, 0.1) is 5.92 Å². The van der Waals surface area contributed by atoms with Crippen molar-refractivity contribution in [2.24, 2.45) is 5.92 Å². The van der Waals surface area contributed by atoms with Crippen LogP contribution in [0.2, 0.25) is 0 Å². The number of H-pyrrole nitrogens is 1. The number of nitrogens with zero attached hydrogens (tertiary/aromatic N) is 4. The molecule has 0 aliphatic carbocycles. The second kappa shape index (κ2) is 12.8. The average molecular weight is 612 g/mol. The van der Waals surface area contributed by atoms with E-state index in [0.717, 1.165) is 62.6 Å². The highest BCUT2D eigenvalue weighted by molar-refractivity contribution is 6.07. The minimum Gasteiger partial charge on any atom is -0.444 e. The number of hydrogen-bond acceptors (Lipinski definition) is 7. The number of piperidine rings is 1. The Bertz CT molecular complexity index is 1710. The SMILES string of the molecule is CC(C)(C)OC(=O)N1CCC[C@@H]1CN1CCCC(CNC(=O)c2cccc3[nH]c(NC(=O)c4cc5ccccc5cn4)nc23)C1. The molecule has 2 aromatic carbocycles. The molecule has 0 spiro atoms. The van der Waals surface area contributed by atoms with Crippen molar-refractivity contribution in [2.45, 2.75) is 58.1 Å². The zero-order valence-corrected chi connectivity index (χ0v) is 26.1. The highest BCUT2D eigenvalue weighted by Gasteiger charge is 2.34. The molecule has 4 heterocycles. The van der Waals surface area contributed by atoms with E-state index in [2.05, 4.69) is 30.5 Å². The van der Waals surface area contributed by atoms with E-state index in [1.54, 1.807) is 24.4 Å². The number of pyridine rings is 1. The molecule has 236 valence electrons. The van der Waals surface area contributed by atoms with Crippen LogP contribution in [-0.2, 0) is 4.74 Å². The molecule has 0 radical (unpaired) electrons. The number of nitrogens with one attached hydrogen (secondary N) is 3. The molecule has 2 saturated heterocycles. The Morgan fingerprint density at radius 1 is 1.00 bits per heavy atom. The van der Waals surface area contributed by atoms with Crippen molar-refractivity contribution in [2.75, 3.05) is 38.0 Å².